The molecular weight excluding hydrogens is 352 g/mol. The van der Waals surface area contributed by atoms with Crippen LogP contribution in [0.3, 0.4) is 0 Å². The number of nitrogens with two attached hydrogens (primary N) is 1. The molecule has 3 aromatic rings. The number of hydrogen-bond acceptors (Lipinski definition) is 5. The zero-order valence-corrected chi connectivity index (χ0v) is 14.8. The third-order valence-electron chi connectivity index (χ3n) is 4.32. The van der Waals surface area contributed by atoms with Crippen molar-refractivity contribution in [3.63, 3.8) is 0 Å². The summed E-state index contributed by atoms with van der Waals surface area (Å²) in [5.41, 5.74) is 8.29. The Morgan fingerprint density at radius 1 is 1.35 bits per heavy atom. The SMILES string of the molecule is Cc1cnc(-c2ccc(Cl)c(C(N)=O)c2)nc1Nc1cc(C2CC2)[nH]n1. The molecule has 1 amide bonds. The Labute approximate surface area is 155 Å². The number of benzene rings is 1. The molecule has 132 valence electrons. The zero-order valence-electron chi connectivity index (χ0n) is 14.1. The number of aromatic amines is 1. The van der Waals surface area contributed by atoms with Crippen LogP contribution < -0.4 is 11.1 Å². The number of aryl methyl sites for hydroxylation is 1. The first-order chi connectivity index (χ1) is 12.5. The van der Waals surface area contributed by atoms with Gasteiger partial charge in [-0.15, -0.1) is 0 Å². The Morgan fingerprint density at radius 2 is 2.15 bits per heavy atom. The highest BCUT2D eigenvalue weighted by Gasteiger charge is 2.25. The predicted molar refractivity (Wildman–Crippen MR) is 99.6 cm³/mol. The van der Waals surface area contributed by atoms with E-state index in [9.17, 15) is 4.79 Å². The van der Waals surface area contributed by atoms with Crippen LogP contribution in [0.2, 0.25) is 5.02 Å². The minimum atomic E-state index is -0.591. The molecule has 8 heteroatoms. The van der Waals surface area contributed by atoms with Crippen LogP contribution >= 0.6 is 11.6 Å². The van der Waals surface area contributed by atoms with Crippen molar-refractivity contribution >= 4 is 29.1 Å². The number of anilines is 2. The molecule has 1 saturated carbocycles. The Balaban J connectivity index is 1.65. The van der Waals surface area contributed by atoms with E-state index in [1.807, 2.05) is 13.0 Å². The zero-order chi connectivity index (χ0) is 18.3. The third-order valence-corrected chi connectivity index (χ3v) is 4.65. The van der Waals surface area contributed by atoms with Gasteiger partial charge in [0.2, 0.25) is 5.91 Å². The molecule has 4 rings (SSSR count). The summed E-state index contributed by atoms with van der Waals surface area (Å²) in [5, 5.41) is 10.9. The minimum Gasteiger partial charge on any atom is -0.366 e. The fourth-order valence-corrected chi connectivity index (χ4v) is 2.90. The van der Waals surface area contributed by atoms with Gasteiger partial charge in [0.05, 0.1) is 10.6 Å². The lowest BCUT2D eigenvalue weighted by Crippen LogP contribution is -2.11. The second-order valence-electron chi connectivity index (χ2n) is 6.39. The maximum absolute atomic E-state index is 11.5. The van der Waals surface area contributed by atoms with Gasteiger partial charge in [0.25, 0.3) is 0 Å². The predicted octanol–water partition coefficient (Wildman–Crippen LogP) is 3.55. The molecule has 0 radical (unpaired) electrons. The lowest BCUT2D eigenvalue weighted by Gasteiger charge is -2.09. The van der Waals surface area contributed by atoms with E-state index in [1.165, 1.54) is 12.8 Å². The van der Waals surface area contributed by atoms with Crippen LogP contribution in [0.15, 0.2) is 30.5 Å². The molecule has 0 saturated heterocycles. The van der Waals surface area contributed by atoms with E-state index in [0.717, 1.165) is 11.3 Å². The number of carbonyl (C=O) groups excluding carboxylic acids is 1. The molecule has 26 heavy (non-hydrogen) atoms. The van der Waals surface area contributed by atoms with Gasteiger partial charge in [-0.25, -0.2) is 9.97 Å². The average Bonchev–Trinajstić information content (AvgIpc) is 3.37. The van der Waals surface area contributed by atoms with E-state index in [2.05, 4.69) is 25.5 Å². The summed E-state index contributed by atoms with van der Waals surface area (Å²) in [6.45, 7) is 1.91. The number of nitrogens with zero attached hydrogens (tertiary/aromatic N) is 3. The molecule has 0 spiro atoms. The van der Waals surface area contributed by atoms with Crippen LogP contribution in [0.5, 0.6) is 0 Å². The summed E-state index contributed by atoms with van der Waals surface area (Å²) in [5.74, 6) is 1.84. The van der Waals surface area contributed by atoms with Crippen LogP contribution in [0.4, 0.5) is 11.6 Å². The van der Waals surface area contributed by atoms with E-state index in [4.69, 9.17) is 17.3 Å². The number of carbonyl (C=O) groups is 1. The Bertz CT molecular complexity index is 995. The molecule has 1 aliphatic rings. The summed E-state index contributed by atoms with van der Waals surface area (Å²) in [6.07, 6.45) is 4.13. The number of nitrogens with one attached hydrogen (secondary N) is 2. The highest BCUT2D eigenvalue weighted by Crippen LogP contribution is 2.39. The normalized spacial score (nSPS) is 13.6. The van der Waals surface area contributed by atoms with Gasteiger partial charge in [-0.2, -0.15) is 5.10 Å². The first-order valence-electron chi connectivity index (χ1n) is 8.27. The highest BCUT2D eigenvalue weighted by molar-refractivity contribution is 6.33. The van der Waals surface area contributed by atoms with Gasteiger partial charge >= 0.3 is 0 Å². The number of aromatic nitrogens is 4. The molecule has 0 unspecified atom stereocenters. The Morgan fingerprint density at radius 3 is 2.88 bits per heavy atom. The standard InChI is InChI=1S/C18H17ClN6O/c1-9-8-21-18(11-4-5-13(19)12(6-11)16(20)26)23-17(9)22-15-7-14(24-25-15)10-2-3-10/h4-8,10H,2-3H2,1H3,(H2,20,26)(H2,21,22,23,24,25). The number of hydrogen-bond donors (Lipinski definition) is 3. The van der Waals surface area contributed by atoms with Gasteiger partial charge in [0.15, 0.2) is 11.6 Å². The van der Waals surface area contributed by atoms with E-state index < -0.39 is 5.91 Å². The number of halogens is 1. The largest absolute Gasteiger partial charge is 0.366 e. The molecule has 1 aliphatic carbocycles. The fourth-order valence-electron chi connectivity index (χ4n) is 2.69. The number of amides is 1. The molecule has 4 N–H and O–H groups in total. The molecule has 2 aromatic heterocycles. The van der Waals surface area contributed by atoms with Gasteiger partial charge in [0.1, 0.15) is 5.82 Å². The lowest BCUT2D eigenvalue weighted by molar-refractivity contribution is 0.100. The van der Waals surface area contributed by atoms with E-state index in [1.54, 1.807) is 24.4 Å². The van der Waals surface area contributed by atoms with E-state index >= 15 is 0 Å². The van der Waals surface area contributed by atoms with Crippen LogP contribution in [0.1, 0.15) is 40.4 Å². The van der Waals surface area contributed by atoms with Crippen molar-refractivity contribution in [2.75, 3.05) is 5.32 Å². The molecule has 0 atom stereocenters. The van der Waals surface area contributed by atoms with Gasteiger partial charge in [-0.1, -0.05) is 11.6 Å². The summed E-state index contributed by atoms with van der Waals surface area (Å²) in [7, 11) is 0. The van der Waals surface area contributed by atoms with Gasteiger partial charge in [0, 0.05) is 35.0 Å². The van der Waals surface area contributed by atoms with Crippen molar-refractivity contribution < 1.29 is 4.79 Å². The Hall–Kier alpha value is -2.93. The van der Waals surface area contributed by atoms with Crippen LogP contribution in [-0.4, -0.2) is 26.1 Å². The third kappa shape index (κ3) is 3.25. The molecular formula is C18H17ClN6O. The van der Waals surface area contributed by atoms with Crippen molar-refractivity contribution in [3.05, 3.63) is 52.3 Å². The smallest absolute Gasteiger partial charge is 0.250 e. The highest BCUT2D eigenvalue weighted by atomic mass is 35.5. The summed E-state index contributed by atoms with van der Waals surface area (Å²) < 4.78 is 0. The van der Waals surface area contributed by atoms with Crippen LogP contribution in [0.25, 0.3) is 11.4 Å². The monoisotopic (exact) mass is 368 g/mol. The van der Waals surface area contributed by atoms with Gasteiger partial charge in [-0.05, 0) is 38.0 Å². The van der Waals surface area contributed by atoms with E-state index in [-0.39, 0.29) is 5.56 Å². The minimum absolute atomic E-state index is 0.240. The van der Waals surface area contributed by atoms with Crippen LogP contribution in [0, 0.1) is 6.92 Å². The number of primary amides is 1. The first kappa shape index (κ1) is 16.5. The molecule has 0 bridgehead atoms. The summed E-state index contributed by atoms with van der Waals surface area (Å²) in [4.78, 5) is 20.4. The van der Waals surface area contributed by atoms with Gasteiger partial charge in [-0.3, -0.25) is 9.89 Å². The molecule has 7 nitrogen and oxygen atoms in total. The van der Waals surface area contributed by atoms with Crippen molar-refractivity contribution in [2.24, 2.45) is 5.73 Å². The second kappa shape index (κ2) is 6.42. The average molecular weight is 369 g/mol. The lowest BCUT2D eigenvalue weighted by atomic mass is 10.1. The first-order valence-corrected chi connectivity index (χ1v) is 8.65. The number of H-pyrrole nitrogens is 1. The number of rotatable bonds is 5. The van der Waals surface area contributed by atoms with Crippen molar-refractivity contribution in [2.45, 2.75) is 25.7 Å². The summed E-state index contributed by atoms with van der Waals surface area (Å²) in [6, 6.07) is 6.97. The van der Waals surface area contributed by atoms with Crippen molar-refractivity contribution in [1.29, 1.82) is 0 Å². The van der Waals surface area contributed by atoms with E-state index in [0.29, 0.717) is 34.0 Å². The van der Waals surface area contributed by atoms with Crippen molar-refractivity contribution in [1.82, 2.24) is 20.2 Å². The molecule has 2 heterocycles. The quantitative estimate of drug-likeness (QED) is 0.638. The summed E-state index contributed by atoms with van der Waals surface area (Å²) >= 11 is 6.01. The van der Waals surface area contributed by atoms with Crippen molar-refractivity contribution in [3.8, 4) is 11.4 Å². The second-order valence-corrected chi connectivity index (χ2v) is 6.80. The fraction of sp³-hybridized carbons (Fsp3) is 0.222. The maximum Gasteiger partial charge on any atom is 0.250 e. The Kier molecular flexibility index (Phi) is 4.08. The molecule has 1 fully saturated rings. The maximum atomic E-state index is 11.5. The topological polar surface area (TPSA) is 110 Å². The van der Waals surface area contributed by atoms with Crippen LogP contribution in [-0.2, 0) is 0 Å². The molecule has 0 aliphatic heterocycles. The van der Waals surface area contributed by atoms with Gasteiger partial charge < -0.3 is 11.1 Å². The molecule has 1 aromatic carbocycles.